The fourth-order valence-electron chi connectivity index (χ4n) is 2.08. The highest BCUT2D eigenvalue weighted by atomic mass is 32.9. The maximum atomic E-state index is 10.8. The average molecular weight is 353 g/mol. The SMILES string of the molecule is COc1ccc(P2(=S)Oc3ccc([N+](=O)[O-])cc3CS2)cc1. The lowest BCUT2D eigenvalue weighted by Gasteiger charge is -2.28. The van der Waals surface area contributed by atoms with Gasteiger partial charge in [0.15, 0.2) is 5.47 Å². The highest BCUT2D eigenvalue weighted by Gasteiger charge is 2.30. The van der Waals surface area contributed by atoms with Crippen LogP contribution < -0.4 is 14.6 Å². The largest absolute Gasteiger partial charge is 0.497 e. The van der Waals surface area contributed by atoms with Crippen molar-refractivity contribution in [3.63, 3.8) is 0 Å². The Labute approximate surface area is 136 Å². The van der Waals surface area contributed by atoms with Gasteiger partial charge in [0.2, 0.25) is 0 Å². The molecule has 1 heterocycles. The van der Waals surface area contributed by atoms with Crippen LogP contribution >= 0.6 is 16.8 Å². The minimum Gasteiger partial charge on any atom is -0.497 e. The number of non-ortho nitro benzene ring substituents is 1. The van der Waals surface area contributed by atoms with E-state index in [-0.39, 0.29) is 5.69 Å². The van der Waals surface area contributed by atoms with E-state index >= 15 is 0 Å². The summed E-state index contributed by atoms with van der Waals surface area (Å²) in [6, 6.07) is 12.2. The van der Waals surface area contributed by atoms with Gasteiger partial charge in [-0.15, -0.1) is 0 Å². The molecule has 1 atom stereocenters. The highest BCUT2D eigenvalue weighted by Crippen LogP contribution is 2.63. The first-order valence-corrected chi connectivity index (χ1v) is 10.7. The summed E-state index contributed by atoms with van der Waals surface area (Å²) in [5.74, 6) is 2.02. The molecule has 0 aliphatic carbocycles. The molecule has 0 saturated heterocycles. The number of rotatable bonds is 3. The average Bonchev–Trinajstić information content (AvgIpc) is 2.54. The van der Waals surface area contributed by atoms with Crippen LogP contribution in [0.3, 0.4) is 0 Å². The van der Waals surface area contributed by atoms with Gasteiger partial charge in [-0.05, 0) is 42.1 Å². The minimum atomic E-state index is -2.24. The molecule has 22 heavy (non-hydrogen) atoms. The van der Waals surface area contributed by atoms with Crippen molar-refractivity contribution in [2.75, 3.05) is 7.11 Å². The zero-order valence-corrected chi connectivity index (χ0v) is 14.1. The van der Waals surface area contributed by atoms with Crippen molar-refractivity contribution in [2.24, 2.45) is 0 Å². The Morgan fingerprint density at radius 1 is 1.32 bits per heavy atom. The number of benzene rings is 2. The van der Waals surface area contributed by atoms with E-state index in [4.69, 9.17) is 21.1 Å². The van der Waals surface area contributed by atoms with Crippen molar-refractivity contribution in [3.05, 3.63) is 58.1 Å². The van der Waals surface area contributed by atoms with Gasteiger partial charge in [-0.1, -0.05) is 11.4 Å². The van der Waals surface area contributed by atoms with Crippen LogP contribution in [-0.4, -0.2) is 12.0 Å². The molecule has 0 N–H and O–H groups in total. The molecule has 1 aliphatic heterocycles. The van der Waals surface area contributed by atoms with E-state index in [9.17, 15) is 10.1 Å². The number of methoxy groups -OCH3 is 1. The molecule has 114 valence electrons. The summed E-state index contributed by atoms with van der Waals surface area (Å²) in [6.45, 7) is 0. The summed E-state index contributed by atoms with van der Waals surface area (Å²) < 4.78 is 11.2. The number of nitro groups is 1. The molecule has 0 saturated carbocycles. The van der Waals surface area contributed by atoms with Crippen molar-refractivity contribution in [1.29, 1.82) is 0 Å². The van der Waals surface area contributed by atoms with E-state index in [1.807, 2.05) is 24.3 Å². The molecular weight excluding hydrogens is 341 g/mol. The predicted molar refractivity (Wildman–Crippen MR) is 91.9 cm³/mol. The summed E-state index contributed by atoms with van der Waals surface area (Å²) in [5.41, 5.74) is -1.36. The van der Waals surface area contributed by atoms with E-state index in [0.29, 0.717) is 11.5 Å². The first kappa shape index (κ1) is 15.3. The molecule has 5 nitrogen and oxygen atoms in total. The second-order valence-corrected chi connectivity index (χ2v) is 11.4. The van der Waals surface area contributed by atoms with Crippen molar-refractivity contribution in [1.82, 2.24) is 0 Å². The number of nitro benzene ring substituents is 1. The van der Waals surface area contributed by atoms with Gasteiger partial charge in [-0.2, -0.15) is 0 Å². The molecule has 0 aromatic heterocycles. The molecule has 2 aromatic carbocycles. The summed E-state index contributed by atoms with van der Waals surface area (Å²) in [4.78, 5) is 10.4. The zero-order valence-electron chi connectivity index (χ0n) is 11.6. The molecular formula is C14H12NO4PS2. The first-order valence-electron chi connectivity index (χ1n) is 6.38. The van der Waals surface area contributed by atoms with Gasteiger partial charge in [0.1, 0.15) is 11.5 Å². The van der Waals surface area contributed by atoms with Crippen molar-refractivity contribution in [3.8, 4) is 11.5 Å². The van der Waals surface area contributed by atoms with Gasteiger partial charge in [0.25, 0.3) is 5.69 Å². The van der Waals surface area contributed by atoms with Crippen LogP contribution in [-0.2, 0) is 17.6 Å². The zero-order chi connectivity index (χ0) is 15.7. The third-order valence-corrected chi connectivity index (χ3v) is 9.47. The van der Waals surface area contributed by atoms with Crippen LogP contribution in [0.5, 0.6) is 11.5 Å². The van der Waals surface area contributed by atoms with Crippen molar-refractivity contribution in [2.45, 2.75) is 5.75 Å². The third-order valence-electron chi connectivity index (χ3n) is 3.25. The maximum absolute atomic E-state index is 10.8. The van der Waals surface area contributed by atoms with Crippen LogP contribution in [0.15, 0.2) is 42.5 Å². The fourth-order valence-corrected chi connectivity index (χ4v) is 7.10. The molecule has 0 amide bonds. The predicted octanol–water partition coefficient (Wildman–Crippen LogP) is 3.86. The van der Waals surface area contributed by atoms with Crippen LogP contribution in [0.1, 0.15) is 5.56 Å². The molecule has 8 heteroatoms. The molecule has 0 bridgehead atoms. The monoisotopic (exact) mass is 353 g/mol. The summed E-state index contributed by atoms with van der Waals surface area (Å²) in [7, 11) is 1.61. The van der Waals surface area contributed by atoms with Gasteiger partial charge in [-0.25, -0.2) is 0 Å². The van der Waals surface area contributed by atoms with Crippen molar-refractivity contribution >= 4 is 39.6 Å². The topological polar surface area (TPSA) is 61.6 Å². The lowest BCUT2D eigenvalue weighted by atomic mass is 10.2. The number of hydrogen-bond donors (Lipinski definition) is 0. The van der Waals surface area contributed by atoms with Crippen molar-refractivity contribution < 1.29 is 14.2 Å². The van der Waals surface area contributed by atoms with E-state index in [1.165, 1.54) is 17.4 Å². The van der Waals surface area contributed by atoms with Crippen LogP contribution in [0.25, 0.3) is 0 Å². The van der Waals surface area contributed by atoms with Gasteiger partial charge in [-0.3, -0.25) is 10.1 Å². The van der Waals surface area contributed by atoms with E-state index < -0.39 is 10.4 Å². The molecule has 3 rings (SSSR count). The van der Waals surface area contributed by atoms with E-state index in [1.54, 1.807) is 19.2 Å². The Balaban J connectivity index is 1.92. The standard InChI is InChI=1S/C14H12NO4PS2/c1-18-12-3-5-13(6-4-12)20(21)19-14-7-2-11(15(16)17)8-10(14)9-22-20/h2-8H,9H2,1H3. The van der Waals surface area contributed by atoms with Gasteiger partial charge < -0.3 is 9.26 Å². The Morgan fingerprint density at radius 2 is 2.05 bits per heavy atom. The van der Waals surface area contributed by atoms with Gasteiger partial charge >= 0.3 is 0 Å². The Kier molecular flexibility index (Phi) is 4.12. The summed E-state index contributed by atoms with van der Waals surface area (Å²) in [6.07, 6.45) is 0. The quantitative estimate of drug-likeness (QED) is 0.474. The highest BCUT2D eigenvalue weighted by molar-refractivity contribution is 8.71. The smallest absolute Gasteiger partial charge is 0.270 e. The number of fused-ring (bicyclic) bond motifs is 1. The number of hydrogen-bond acceptors (Lipinski definition) is 6. The third kappa shape index (κ3) is 2.84. The Hall–Kier alpha value is -1.56. The molecule has 0 spiro atoms. The summed E-state index contributed by atoms with van der Waals surface area (Å²) in [5, 5.41) is 11.8. The molecule has 1 unspecified atom stereocenters. The summed E-state index contributed by atoms with van der Waals surface area (Å²) >= 11 is 7.27. The first-order chi connectivity index (χ1) is 10.5. The lowest BCUT2D eigenvalue weighted by molar-refractivity contribution is -0.384. The second-order valence-electron chi connectivity index (χ2n) is 4.61. The fraction of sp³-hybridized carbons (Fsp3) is 0.143. The Morgan fingerprint density at radius 3 is 2.68 bits per heavy atom. The van der Waals surface area contributed by atoms with E-state index in [0.717, 1.165) is 16.6 Å². The van der Waals surface area contributed by atoms with Gasteiger partial charge in [0.05, 0.1) is 12.0 Å². The van der Waals surface area contributed by atoms with E-state index in [2.05, 4.69) is 0 Å². The van der Waals surface area contributed by atoms with Crippen LogP contribution in [0.2, 0.25) is 0 Å². The number of nitrogens with zero attached hydrogens (tertiary/aromatic N) is 1. The van der Waals surface area contributed by atoms with Crippen LogP contribution in [0.4, 0.5) is 5.69 Å². The normalized spacial score (nSPS) is 19.9. The lowest BCUT2D eigenvalue weighted by Crippen LogP contribution is -2.11. The molecule has 1 aliphatic rings. The van der Waals surface area contributed by atoms with Crippen LogP contribution in [0, 0.1) is 10.1 Å². The Bertz CT molecular complexity index is 779. The molecule has 0 fully saturated rings. The molecule has 0 radical (unpaired) electrons. The number of ether oxygens (including phenoxy) is 1. The second kappa shape index (κ2) is 5.91. The molecule has 2 aromatic rings. The minimum absolute atomic E-state index is 0.0719. The maximum Gasteiger partial charge on any atom is 0.270 e. The van der Waals surface area contributed by atoms with Gasteiger partial charge in [0, 0.05) is 28.8 Å².